The Morgan fingerprint density at radius 1 is 1.19 bits per heavy atom. The van der Waals surface area contributed by atoms with Crippen LogP contribution in [-0.4, -0.2) is 18.1 Å². The quantitative estimate of drug-likeness (QED) is 0.652. The van der Waals surface area contributed by atoms with Crippen molar-refractivity contribution in [3.63, 3.8) is 0 Å². The van der Waals surface area contributed by atoms with Gasteiger partial charge in [0, 0.05) is 18.0 Å². The van der Waals surface area contributed by atoms with E-state index in [1.54, 1.807) is 0 Å². The largest absolute Gasteiger partial charge is 0.492 e. The van der Waals surface area contributed by atoms with Gasteiger partial charge in [0.1, 0.15) is 18.2 Å². The van der Waals surface area contributed by atoms with Crippen LogP contribution in [0.5, 0.6) is 5.75 Å². The zero-order valence-electron chi connectivity index (χ0n) is 12.9. The predicted octanol–water partition coefficient (Wildman–Crippen LogP) is 3.45. The van der Waals surface area contributed by atoms with Crippen molar-refractivity contribution in [3.05, 3.63) is 48.2 Å². The summed E-state index contributed by atoms with van der Waals surface area (Å²) < 4.78 is 5.62. The molecule has 0 atom stereocenters. The molecule has 0 saturated carbocycles. The summed E-state index contributed by atoms with van der Waals surface area (Å²) in [7, 11) is 0. The predicted molar refractivity (Wildman–Crippen MR) is 87.8 cm³/mol. The van der Waals surface area contributed by atoms with Gasteiger partial charge in [0.25, 0.3) is 0 Å². The number of rotatable bonds is 5. The van der Waals surface area contributed by atoms with Crippen molar-refractivity contribution in [3.8, 4) is 5.75 Å². The molecule has 0 fully saturated rings. The van der Waals surface area contributed by atoms with Crippen LogP contribution in [0.3, 0.4) is 0 Å². The number of pyridine rings is 1. The maximum Gasteiger partial charge on any atom is 0.126 e. The van der Waals surface area contributed by atoms with Crippen LogP contribution < -0.4 is 15.8 Å². The van der Waals surface area contributed by atoms with Crippen LogP contribution >= 0.6 is 0 Å². The minimum Gasteiger partial charge on any atom is -0.492 e. The van der Waals surface area contributed by atoms with Crippen LogP contribution in [0.15, 0.2) is 42.6 Å². The second-order valence-electron chi connectivity index (χ2n) is 6.03. The normalized spacial score (nSPS) is 11.2. The van der Waals surface area contributed by atoms with Gasteiger partial charge in [0.2, 0.25) is 0 Å². The lowest BCUT2D eigenvalue weighted by Gasteiger charge is -2.18. The zero-order chi connectivity index (χ0) is 15.3. The number of hydrogen-bond acceptors (Lipinski definition) is 4. The summed E-state index contributed by atoms with van der Waals surface area (Å²) in [6, 6.07) is 11.5. The fourth-order valence-electron chi connectivity index (χ4n) is 1.89. The van der Waals surface area contributed by atoms with Crippen molar-refractivity contribution in [2.75, 3.05) is 24.2 Å². The minimum absolute atomic E-state index is 0.127. The SMILES string of the molecule is CC(C)(C)c1ccc(NCCOc2cccc(N)c2)nc1. The number of benzene rings is 1. The molecule has 0 amide bonds. The Hall–Kier alpha value is -2.23. The molecule has 0 aliphatic rings. The summed E-state index contributed by atoms with van der Waals surface area (Å²) in [5.74, 6) is 1.65. The van der Waals surface area contributed by atoms with Crippen LogP contribution in [0.1, 0.15) is 26.3 Å². The molecule has 0 radical (unpaired) electrons. The first-order valence-corrected chi connectivity index (χ1v) is 7.14. The van der Waals surface area contributed by atoms with Gasteiger partial charge < -0.3 is 15.8 Å². The molecule has 1 aromatic heterocycles. The highest BCUT2D eigenvalue weighted by Crippen LogP contribution is 2.21. The Balaban J connectivity index is 1.79. The van der Waals surface area contributed by atoms with Gasteiger partial charge in [-0.3, -0.25) is 0 Å². The summed E-state index contributed by atoms with van der Waals surface area (Å²) in [4.78, 5) is 4.42. The van der Waals surface area contributed by atoms with Gasteiger partial charge in [0.05, 0.1) is 6.54 Å². The average Bonchev–Trinajstić information content (AvgIpc) is 2.43. The van der Waals surface area contributed by atoms with Crippen LogP contribution in [0.2, 0.25) is 0 Å². The van der Waals surface area contributed by atoms with Crippen LogP contribution in [0, 0.1) is 0 Å². The number of aromatic nitrogens is 1. The van der Waals surface area contributed by atoms with E-state index in [9.17, 15) is 0 Å². The summed E-state index contributed by atoms with van der Waals surface area (Å²) in [6.07, 6.45) is 1.92. The fraction of sp³-hybridized carbons (Fsp3) is 0.353. The Bertz CT molecular complexity index is 573. The first-order chi connectivity index (χ1) is 9.95. The van der Waals surface area contributed by atoms with E-state index < -0.39 is 0 Å². The lowest BCUT2D eigenvalue weighted by Crippen LogP contribution is -2.14. The molecule has 21 heavy (non-hydrogen) atoms. The first kappa shape index (κ1) is 15.2. The third kappa shape index (κ3) is 4.67. The van der Waals surface area contributed by atoms with Crippen molar-refractivity contribution < 1.29 is 4.74 Å². The Labute approximate surface area is 126 Å². The van der Waals surface area contributed by atoms with E-state index in [4.69, 9.17) is 10.5 Å². The maximum absolute atomic E-state index is 5.70. The molecule has 2 aromatic rings. The fourth-order valence-corrected chi connectivity index (χ4v) is 1.89. The third-order valence-electron chi connectivity index (χ3n) is 3.16. The summed E-state index contributed by atoms with van der Waals surface area (Å²) in [5.41, 5.74) is 7.76. The van der Waals surface area contributed by atoms with Crippen molar-refractivity contribution >= 4 is 11.5 Å². The van der Waals surface area contributed by atoms with Crippen LogP contribution in [-0.2, 0) is 5.41 Å². The molecule has 4 nitrogen and oxygen atoms in total. The van der Waals surface area contributed by atoms with Gasteiger partial charge in [-0.15, -0.1) is 0 Å². The van der Waals surface area contributed by atoms with E-state index in [0.717, 1.165) is 11.6 Å². The van der Waals surface area contributed by atoms with E-state index >= 15 is 0 Å². The van der Waals surface area contributed by atoms with Gasteiger partial charge in [-0.05, 0) is 29.2 Å². The number of nitrogens with one attached hydrogen (secondary N) is 1. The zero-order valence-corrected chi connectivity index (χ0v) is 12.9. The van der Waals surface area contributed by atoms with Crippen LogP contribution in [0.4, 0.5) is 11.5 Å². The van der Waals surface area contributed by atoms with E-state index in [1.807, 2.05) is 36.5 Å². The van der Waals surface area contributed by atoms with E-state index in [1.165, 1.54) is 5.56 Å². The maximum atomic E-state index is 5.70. The van der Waals surface area contributed by atoms with E-state index in [-0.39, 0.29) is 5.41 Å². The van der Waals surface area contributed by atoms with Crippen molar-refractivity contribution in [1.82, 2.24) is 4.98 Å². The molecule has 4 heteroatoms. The van der Waals surface area contributed by atoms with Gasteiger partial charge in [-0.25, -0.2) is 4.98 Å². The molecular weight excluding hydrogens is 262 g/mol. The molecule has 0 aliphatic carbocycles. The summed E-state index contributed by atoms with van der Waals surface area (Å²) >= 11 is 0. The summed E-state index contributed by atoms with van der Waals surface area (Å²) in [5, 5.41) is 3.24. The molecule has 0 unspecified atom stereocenters. The van der Waals surface area contributed by atoms with Gasteiger partial charge in [0.15, 0.2) is 0 Å². The molecule has 0 aliphatic heterocycles. The highest BCUT2D eigenvalue weighted by molar-refractivity contribution is 5.43. The number of nitrogens with two attached hydrogens (primary N) is 1. The number of nitrogens with zero attached hydrogens (tertiary/aromatic N) is 1. The van der Waals surface area contributed by atoms with Crippen molar-refractivity contribution in [1.29, 1.82) is 0 Å². The number of nitrogen functional groups attached to an aromatic ring is 1. The highest BCUT2D eigenvalue weighted by atomic mass is 16.5. The number of ether oxygens (including phenoxy) is 1. The molecule has 112 valence electrons. The molecule has 0 spiro atoms. The summed E-state index contributed by atoms with van der Waals surface area (Å²) in [6.45, 7) is 7.78. The highest BCUT2D eigenvalue weighted by Gasteiger charge is 2.13. The van der Waals surface area contributed by atoms with Crippen molar-refractivity contribution in [2.45, 2.75) is 26.2 Å². The number of anilines is 2. The lowest BCUT2D eigenvalue weighted by atomic mass is 9.88. The van der Waals surface area contributed by atoms with E-state index in [2.05, 4.69) is 37.1 Å². The Morgan fingerprint density at radius 3 is 2.62 bits per heavy atom. The molecule has 0 saturated heterocycles. The smallest absolute Gasteiger partial charge is 0.126 e. The van der Waals surface area contributed by atoms with Crippen LogP contribution in [0.25, 0.3) is 0 Å². The molecule has 2 rings (SSSR count). The van der Waals surface area contributed by atoms with Gasteiger partial charge in [-0.1, -0.05) is 32.9 Å². The molecule has 0 bridgehead atoms. The number of hydrogen-bond donors (Lipinski definition) is 2. The molecule has 1 aromatic carbocycles. The van der Waals surface area contributed by atoms with Gasteiger partial charge in [-0.2, -0.15) is 0 Å². The topological polar surface area (TPSA) is 60.2 Å². The average molecular weight is 285 g/mol. The van der Waals surface area contributed by atoms with Crippen molar-refractivity contribution in [2.24, 2.45) is 0 Å². The molecular formula is C17H23N3O. The second kappa shape index (κ2) is 6.48. The second-order valence-corrected chi connectivity index (χ2v) is 6.03. The first-order valence-electron chi connectivity index (χ1n) is 7.14. The Morgan fingerprint density at radius 2 is 2.00 bits per heavy atom. The minimum atomic E-state index is 0.127. The van der Waals surface area contributed by atoms with E-state index in [0.29, 0.717) is 18.8 Å². The monoisotopic (exact) mass is 285 g/mol. The lowest BCUT2D eigenvalue weighted by molar-refractivity contribution is 0.333. The molecule has 3 N–H and O–H groups in total. The molecule has 1 heterocycles. The Kier molecular flexibility index (Phi) is 4.68. The standard InChI is InChI=1S/C17H23N3O/c1-17(2,3)13-7-8-16(20-12-13)19-9-10-21-15-6-4-5-14(18)11-15/h4-8,11-12H,9-10,18H2,1-3H3,(H,19,20). The third-order valence-corrected chi connectivity index (χ3v) is 3.16. The van der Waals surface area contributed by atoms with Gasteiger partial charge >= 0.3 is 0 Å².